The van der Waals surface area contributed by atoms with Crippen molar-refractivity contribution in [3.63, 3.8) is 0 Å². The zero-order chi connectivity index (χ0) is 13.9. The van der Waals surface area contributed by atoms with Gasteiger partial charge in [0.25, 0.3) is 0 Å². The SMILES string of the molecule is CN(Cc1cnccn1)c1ccnc2cc(Br)ccc12. The molecule has 0 radical (unpaired) electrons. The van der Waals surface area contributed by atoms with Gasteiger partial charge in [0.2, 0.25) is 0 Å². The maximum atomic E-state index is 4.41. The first-order valence-corrected chi connectivity index (χ1v) is 7.03. The number of benzene rings is 1. The summed E-state index contributed by atoms with van der Waals surface area (Å²) in [5, 5.41) is 1.13. The van der Waals surface area contributed by atoms with Crippen LogP contribution in [0.1, 0.15) is 5.69 Å². The van der Waals surface area contributed by atoms with Crippen molar-refractivity contribution in [1.29, 1.82) is 0 Å². The number of anilines is 1. The second-order valence-corrected chi connectivity index (χ2v) is 5.46. The number of halogens is 1. The third-order valence-corrected chi connectivity index (χ3v) is 3.60. The molecule has 100 valence electrons. The Morgan fingerprint density at radius 1 is 1.10 bits per heavy atom. The number of pyridine rings is 1. The Kier molecular flexibility index (Phi) is 3.60. The third kappa shape index (κ3) is 2.63. The first kappa shape index (κ1) is 13.0. The molecule has 0 aliphatic carbocycles. The lowest BCUT2D eigenvalue weighted by molar-refractivity contribution is 0.876. The van der Waals surface area contributed by atoms with Gasteiger partial charge in [-0.1, -0.05) is 15.9 Å². The number of rotatable bonds is 3. The Labute approximate surface area is 125 Å². The van der Waals surface area contributed by atoms with Crippen LogP contribution < -0.4 is 4.90 Å². The fourth-order valence-corrected chi connectivity index (χ4v) is 2.53. The zero-order valence-corrected chi connectivity index (χ0v) is 12.6. The Hall–Kier alpha value is -2.01. The quantitative estimate of drug-likeness (QED) is 0.738. The minimum absolute atomic E-state index is 0.711. The van der Waals surface area contributed by atoms with Gasteiger partial charge in [-0.3, -0.25) is 15.0 Å². The molecule has 0 atom stereocenters. The average Bonchev–Trinajstić information content (AvgIpc) is 2.47. The van der Waals surface area contributed by atoms with Crippen LogP contribution in [-0.4, -0.2) is 22.0 Å². The Bertz CT molecular complexity index is 730. The van der Waals surface area contributed by atoms with E-state index in [4.69, 9.17) is 0 Å². The second kappa shape index (κ2) is 5.54. The van der Waals surface area contributed by atoms with Crippen molar-refractivity contribution in [1.82, 2.24) is 15.0 Å². The molecule has 2 aromatic heterocycles. The monoisotopic (exact) mass is 328 g/mol. The number of nitrogens with zero attached hydrogens (tertiary/aromatic N) is 4. The maximum Gasteiger partial charge on any atom is 0.0779 e. The van der Waals surface area contributed by atoms with E-state index in [9.17, 15) is 0 Å². The van der Waals surface area contributed by atoms with E-state index in [0.29, 0.717) is 6.54 Å². The summed E-state index contributed by atoms with van der Waals surface area (Å²) in [5.74, 6) is 0. The topological polar surface area (TPSA) is 41.9 Å². The predicted molar refractivity (Wildman–Crippen MR) is 83.6 cm³/mol. The summed E-state index contributed by atoms with van der Waals surface area (Å²) in [6.45, 7) is 0.711. The van der Waals surface area contributed by atoms with Crippen molar-refractivity contribution in [3.8, 4) is 0 Å². The lowest BCUT2D eigenvalue weighted by Crippen LogP contribution is -2.17. The molecule has 3 rings (SSSR count). The molecule has 0 amide bonds. The summed E-state index contributed by atoms with van der Waals surface area (Å²) in [6.07, 6.45) is 7.02. The van der Waals surface area contributed by atoms with Crippen molar-refractivity contribution >= 4 is 32.5 Å². The van der Waals surface area contributed by atoms with E-state index < -0.39 is 0 Å². The number of hydrogen-bond donors (Lipinski definition) is 0. The van der Waals surface area contributed by atoms with E-state index in [0.717, 1.165) is 26.8 Å². The predicted octanol–water partition coefficient (Wildman–Crippen LogP) is 3.42. The van der Waals surface area contributed by atoms with Gasteiger partial charge in [0, 0.05) is 41.2 Å². The number of hydrogen-bond acceptors (Lipinski definition) is 4. The highest BCUT2D eigenvalue weighted by Gasteiger charge is 2.08. The first-order chi connectivity index (χ1) is 9.74. The van der Waals surface area contributed by atoms with Crippen molar-refractivity contribution in [2.24, 2.45) is 0 Å². The van der Waals surface area contributed by atoms with Gasteiger partial charge in [-0.05, 0) is 24.3 Å². The maximum absolute atomic E-state index is 4.41. The molecule has 0 spiro atoms. The van der Waals surface area contributed by atoms with E-state index in [1.807, 2.05) is 31.4 Å². The van der Waals surface area contributed by atoms with E-state index in [-0.39, 0.29) is 0 Å². The molecule has 0 bridgehead atoms. The van der Waals surface area contributed by atoms with Gasteiger partial charge < -0.3 is 4.90 Å². The van der Waals surface area contributed by atoms with E-state index >= 15 is 0 Å². The van der Waals surface area contributed by atoms with Gasteiger partial charge in [0.15, 0.2) is 0 Å². The van der Waals surface area contributed by atoms with Gasteiger partial charge in [-0.15, -0.1) is 0 Å². The van der Waals surface area contributed by atoms with Crippen LogP contribution in [0.5, 0.6) is 0 Å². The summed E-state index contributed by atoms with van der Waals surface area (Å²) >= 11 is 3.48. The second-order valence-electron chi connectivity index (χ2n) is 4.54. The van der Waals surface area contributed by atoms with Gasteiger partial charge in [-0.2, -0.15) is 0 Å². The number of fused-ring (bicyclic) bond motifs is 1. The van der Waals surface area contributed by atoms with Crippen molar-refractivity contribution in [2.75, 3.05) is 11.9 Å². The van der Waals surface area contributed by atoms with Gasteiger partial charge in [0.05, 0.1) is 24.0 Å². The van der Waals surface area contributed by atoms with Crippen molar-refractivity contribution in [3.05, 3.63) is 59.2 Å². The molecular formula is C15H13BrN4. The third-order valence-electron chi connectivity index (χ3n) is 3.11. The van der Waals surface area contributed by atoms with Crippen LogP contribution in [0.25, 0.3) is 10.9 Å². The molecule has 0 unspecified atom stereocenters. The van der Waals surface area contributed by atoms with Crippen LogP contribution in [-0.2, 0) is 6.54 Å². The fourth-order valence-electron chi connectivity index (χ4n) is 2.18. The number of aromatic nitrogens is 3. The zero-order valence-electron chi connectivity index (χ0n) is 11.0. The first-order valence-electron chi connectivity index (χ1n) is 6.24. The van der Waals surface area contributed by atoms with E-state index in [1.165, 1.54) is 0 Å². The summed E-state index contributed by atoms with van der Waals surface area (Å²) < 4.78 is 1.03. The van der Waals surface area contributed by atoms with Crippen molar-refractivity contribution in [2.45, 2.75) is 6.54 Å². The summed E-state index contributed by atoms with van der Waals surface area (Å²) in [6, 6.07) is 8.15. The molecule has 0 saturated carbocycles. The van der Waals surface area contributed by atoms with E-state index in [2.05, 4.69) is 41.8 Å². The largest absolute Gasteiger partial charge is 0.368 e. The summed E-state index contributed by atoms with van der Waals surface area (Å²) in [5.41, 5.74) is 3.05. The molecule has 0 fully saturated rings. The lowest BCUT2D eigenvalue weighted by Gasteiger charge is -2.20. The molecule has 2 heterocycles. The van der Waals surface area contributed by atoms with Crippen LogP contribution in [0.4, 0.5) is 5.69 Å². The van der Waals surface area contributed by atoms with Gasteiger partial charge in [0.1, 0.15) is 0 Å². The molecular weight excluding hydrogens is 316 g/mol. The van der Waals surface area contributed by atoms with Crippen LogP contribution in [0.2, 0.25) is 0 Å². The molecule has 5 heteroatoms. The molecule has 0 saturated heterocycles. The Balaban J connectivity index is 1.97. The van der Waals surface area contributed by atoms with Gasteiger partial charge in [-0.25, -0.2) is 0 Å². The lowest BCUT2D eigenvalue weighted by atomic mass is 10.1. The van der Waals surface area contributed by atoms with Crippen molar-refractivity contribution < 1.29 is 0 Å². The highest BCUT2D eigenvalue weighted by Crippen LogP contribution is 2.27. The molecule has 0 aliphatic rings. The standard InChI is InChI=1S/C15H13BrN4/c1-20(10-12-9-17-6-7-18-12)15-4-5-19-14-8-11(16)2-3-13(14)15/h2-9H,10H2,1H3. The van der Waals surface area contributed by atoms with Crippen LogP contribution in [0.15, 0.2) is 53.5 Å². The molecule has 3 aromatic rings. The van der Waals surface area contributed by atoms with E-state index in [1.54, 1.807) is 18.6 Å². The molecule has 20 heavy (non-hydrogen) atoms. The molecule has 4 nitrogen and oxygen atoms in total. The highest BCUT2D eigenvalue weighted by atomic mass is 79.9. The van der Waals surface area contributed by atoms with Crippen LogP contribution >= 0.6 is 15.9 Å². The van der Waals surface area contributed by atoms with Crippen LogP contribution in [0.3, 0.4) is 0 Å². The highest BCUT2D eigenvalue weighted by molar-refractivity contribution is 9.10. The molecule has 1 aromatic carbocycles. The fraction of sp³-hybridized carbons (Fsp3) is 0.133. The minimum Gasteiger partial charge on any atom is -0.368 e. The normalized spacial score (nSPS) is 10.7. The molecule has 0 aliphatic heterocycles. The molecule has 0 N–H and O–H groups in total. The smallest absolute Gasteiger partial charge is 0.0779 e. The summed E-state index contributed by atoms with van der Waals surface area (Å²) in [7, 11) is 2.05. The Morgan fingerprint density at radius 2 is 2.00 bits per heavy atom. The Morgan fingerprint density at radius 3 is 2.80 bits per heavy atom. The van der Waals surface area contributed by atoms with Gasteiger partial charge >= 0.3 is 0 Å². The average molecular weight is 329 g/mol. The van der Waals surface area contributed by atoms with Crippen LogP contribution in [0, 0.1) is 0 Å². The minimum atomic E-state index is 0.711. The summed E-state index contributed by atoms with van der Waals surface area (Å²) in [4.78, 5) is 15.0.